The van der Waals surface area contributed by atoms with Crippen molar-refractivity contribution in [2.24, 2.45) is 0 Å². The second-order valence-electron chi connectivity index (χ2n) is 20.0. The molecule has 3 aliphatic rings. The zero-order chi connectivity index (χ0) is 50.9. The molecule has 0 aromatic heterocycles. The van der Waals surface area contributed by atoms with Crippen molar-refractivity contribution >= 4 is 34.1 Å². The van der Waals surface area contributed by atoms with Crippen molar-refractivity contribution in [3.63, 3.8) is 0 Å². The lowest BCUT2D eigenvalue weighted by Gasteiger charge is -2.38. The summed E-state index contributed by atoms with van der Waals surface area (Å²) in [5.41, 5.74) is 22.2. The predicted octanol–water partition coefficient (Wildman–Crippen LogP) is 19.9. The molecule has 4 nitrogen and oxygen atoms in total. The Balaban J connectivity index is 0.775. The number of hydrogen-bond donors (Lipinski definition) is 0. The molecule has 0 saturated heterocycles. The molecule has 15 rings (SSSR count). The van der Waals surface area contributed by atoms with Gasteiger partial charge in [-0.1, -0.05) is 212 Å². The van der Waals surface area contributed by atoms with E-state index in [1.165, 1.54) is 44.5 Å². The van der Waals surface area contributed by atoms with Crippen LogP contribution in [-0.2, 0) is 5.41 Å². The lowest BCUT2D eigenvalue weighted by molar-refractivity contribution is 0.446. The van der Waals surface area contributed by atoms with Gasteiger partial charge in [0.2, 0.25) is 0 Å². The highest BCUT2D eigenvalue weighted by Gasteiger charge is 2.46. The van der Waals surface area contributed by atoms with Crippen LogP contribution in [0, 0.1) is 0 Å². The first-order chi connectivity index (χ1) is 38.2. The third kappa shape index (κ3) is 7.29. The highest BCUT2D eigenvalue weighted by atomic mass is 16.5. The summed E-state index contributed by atoms with van der Waals surface area (Å²) in [7, 11) is 0. The van der Waals surface area contributed by atoms with Crippen molar-refractivity contribution in [3.05, 3.63) is 313 Å². The number of anilines is 6. The second-order valence-corrected chi connectivity index (χ2v) is 20.0. The monoisotopic (exact) mass is 984 g/mol. The van der Waals surface area contributed by atoms with E-state index < -0.39 is 5.41 Å². The summed E-state index contributed by atoms with van der Waals surface area (Å²) in [6, 6.07) is 105. The fraction of sp³-hybridized carbons (Fsp3) is 0.0137. The van der Waals surface area contributed by atoms with Gasteiger partial charge in [0.25, 0.3) is 0 Å². The molecule has 1 aliphatic carbocycles. The summed E-state index contributed by atoms with van der Waals surface area (Å²) in [4.78, 5) is 4.66. The van der Waals surface area contributed by atoms with E-state index in [1.807, 2.05) is 36.4 Å². The molecule has 0 radical (unpaired) electrons. The Bertz CT molecular complexity index is 4080. The van der Waals surface area contributed by atoms with Gasteiger partial charge < -0.3 is 14.4 Å². The van der Waals surface area contributed by atoms with Gasteiger partial charge >= 0.3 is 0 Å². The van der Waals surface area contributed by atoms with Gasteiger partial charge in [0, 0.05) is 17.1 Å². The highest BCUT2D eigenvalue weighted by molar-refractivity contribution is 5.96. The Morgan fingerprint density at radius 1 is 0.273 bits per heavy atom. The van der Waals surface area contributed by atoms with E-state index in [0.29, 0.717) is 0 Å². The molecule has 0 unspecified atom stereocenters. The smallest absolute Gasteiger partial charge is 0.156 e. The van der Waals surface area contributed by atoms with Gasteiger partial charge in [-0.25, -0.2) is 0 Å². The van der Waals surface area contributed by atoms with E-state index in [9.17, 15) is 0 Å². The fourth-order valence-electron chi connectivity index (χ4n) is 12.2. The largest absolute Gasteiger partial charge is 0.453 e. The summed E-state index contributed by atoms with van der Waals surface area (Å²) in [5.74, 6) is 3.16. The van der Waals surface area contributed by atoms with E-state index in [2.05, 4.69) is 265 Å². The molecule has 0 spiro atoms. The van der Waals surface area contributed by atoms with Crippen molar-refractivity contribution < 1.29 is 9.47 Å². The van der Waals surface area contributed by atoms with E-state index in [-0.39, 0.29) is 0 Å². The molecule has 0 bridgehead atoms. The van der Waals surface area contributed by atoms with Crippen molar-refractivity contribution in [1.82, 2.24) is 0 Å². The van der Waals surface area contributed by atoms with E-state index >= 15 is 0 Å². The standard InChI is InChI=1S/C73H48N2O2/c1-4-17-49(18-5-1)51-35-39-59(40-36-51)74(61-43-44-63-62-25-10-11-26-64(62)73(65(63)48-61,57-21-6-2-7-22-57)58-23-8-3-9-24-58)60-41-37-52(38-42-60)50-31-33-53(34-32-50)54-19-16-20-55(45-54)56-46-70-72-71(47-56)77-69-30-15-13-28-67(69)75(72)66-27-12-14-29-68(66)76-70/h1-48H. The Morgan fingerprint density at radius 2 is 0.688 bits per heavy atom. The SMILES string of the molecule is c1ccc(-c2ccc(N(c3ccc(-c4ccc(-c5cccc(-c6cc7c8c(c6)Oc6ccccc6N8c6ccccc6O7)c5)cc4)cc3)c3ccc4c(c3)C(c3ccccc3)(c3ccccc3)c3ccccc3-4)cc2)cc1. The predicted molar refractivity (Wildman–Crippen MR) is 315 cm³/mol. The quantitative estimate of drug-likeness (QED) is 0.144. The average Bonchev–Trinajstić information content (AvgIpc) is 3.85. The molecule has 12 aromatic carbocycles. The summed E-state index contributed by atoms with van der Waals surface area (Å²) < 4.78 is 13.2. The fourth-order valence-corrected chi connectivity index (χ4v) is 12.2. The molecule has 4 heteroatoms. The van der Waals surface area contributed by atoms with E-state index in [1.54, 1.807) is 0 Å². The minimum Gasteiger partial charge on any atom is -0.453 e. The lowest BCUT2D eigenvalue weighted by Crippen LogP contribution is -2.28. The maximum atomic E-state index is 6.60. The summed E-state index contributed by atoms with van der Waals surface area (Å²) in [6.07, 6.45) is 0. The normalized spacial score (nSPS) is 13.0. The minimum atomic E-state index is -0.519. The third-order valence-electron chi connectivity index (χ3n) is 15.7. The topological polar surface area (TPSA) is 24.9 Å². The minimum absolute atomic E-state index is 0.519. The molecule has 362 valence electrons. The van der Waals surface area contributed by atoms with Crippen molar-refractivity contribution in [2.45, 2.75) is 5.41 Å². The van der Waals surface area contributed by atoms with Crippen LogP contribution in [0.2, 0.25) is 0 Å². The molecule has 12 aromatic rings. The Kier molecular flexibility index (Phi) is 10.4. The molecular formula is C73H48N2O2. The number of ether oxygens (including phenoxy) is 2. The van der Waals surface area contributed by atoms with Crippen molar-refractivity contribution in [3.8, 4) is 78.6 Å². The van der Waals surface area contributed by atoms with Crippen LogP contribution in [-0.4, -0.2) is 0 Å². The van der Waals surface area contributed by atoms with Crippen LogP contribution < -0.4 is 19.3 Å². The number of fused-ring (bicyclic) bond motifs is 7. The molecule has 0 saturated carbocycles. The first-order valence-corrected chi connectivity index (χ1v) is 26.3. The van der Waals surface area contributed by atoms with Crippen LogP contribution in [0.4, 0.5) is 34.1 Å². The molecular weight excluding hydrogens is 937 g/mol. The van der Waals surface area contributed by atoms with Crippen LogP contribution in [0.1, 0.15) is 22.3 Å². The molecule has 0 amide bonds. The zero-order valence-electron chi connectivity index (χ0n) is 41.9. The Hall–Kier alpha value is -10.2. The summed E-state index contributed by atoms with van der Waals surface area (Å²) in [5, 5.41) is 0. The molecule has 2 aliphatic heterocycles. The highest BCUT2D eigenvalue weighted by Crippen LogP contribution is 2.61. The molecule has 0 atom stereocenters. The van der Waals surface area contributed by atoms with E-state index in [0.717, 1.165) is 90.5 Å². The maximum absolute atomic E-state index is 6.60. The average molecular weight is 985 g/mol. The van der Waals surface area contributed by atoms with Gasteiger partial charge in [0.15, 0.2) is 23.0 Å². The van der Waals surface area contributed by atoms with Gasteiger partial charge in [0.1, 0.15) is 5.69 Å². The second kappa shape index (κ2) is 18.0. The van der Waals surface area contributed by atoms with Gasteiger partial charge in [-0.15, -0.1) is 0 Å². The van der Waals surface area contributed by atoms with Crippen molar-refractivity contribution in [1.29, 1.82) is 0 Å². The molecule has 77 heavy (non-hydrogen) atoms. The van der Waals surface area contributed by atoms with Gasteiger partial charge in [-0.3, -0.25) is 4.90 Å². The Morgan fingerprint density at radius 3 is 1.26 bits per heavy atom. The first kappa shape index (κ1) is 44.3. The summed E-state index contributed by atoms with van der Waals surface area (Å²) >= 11 is 0. The molecule has 0 fully saturated rings. The van der Waals surface area contributed by atoms with Gasteiger partial charge in [0.05, 0.1) is 16.8 Å². The van der Waals surface area contributed by atoms with Gasteiger partial charge in [-0.05, 0) is 157 Å². The summed E-state index contributed by atoms with van der Waals surface area (Å²) in [6.45, 7) is 0. The molecule has 0 N–H and O–H groups in total. The zero-order valence-corrected chi connectivity index (χ0v) is 41.9. The van der Waals surface area contributed by atoms with Gasteiger partial charge in [-0.2, -0.15) is 0 Å². The molecule has 2 heterocycles. The van der Waals surface area contributed by atoms with Crippen molar-refractivity contribution in [2.75, 3.05) is 9.80 Å². The first-order valence-electron chi connectivity index (χ1n) is 26.3. The lowest BCUT2D eigenvalue weighted by atomic mass is 9.67. The number of benzene rings is 12. The van der Waals surface area contributed by atoms with Crippen LogP contribution >= 0.6 is 0 Å². The Labute approximate surface area is 448 Å². The number of rotatable bonds is 9. The third-order valence-corrected chi connectivity index (χ3v) is 15.7. The van der Waals surface area contributed by atoms with E-state index in [4.69, 9.17) is 9.47 Å². The van der Waals surface area contributed by atoms with Crippen LogP contribution in [0.25, 0.3) is 55.6 Å². The number of nitrogens with zero attached hydrogens (tertiary/aromatic N) is 2. The van der Waals surface area contributed by atoms with Crippen LogP contribution in [0.15, 0.2) is 291 Å². The maximum Gasteiger partial charge on any atom is 0.156 e. The van der Waals surface area contributed by atoms with Crippen LogP contribution in [0.5, 0.6) is 23.0 Å². The number of hydrogen-bond acceptors (Lipinski definition) is 4. The van der Waals surface area contributed by atoms with Crippen LogP contribution in [0.3, 0.4) is 0 Å². The number of para-hydroxylation sites is 4.